The number of benzene rings is 2. The first kappa shape index (κ1) is 20.2. The Morgan fingerprint density at radius 2 is 2.03 bits per heavy atom. The molecule has 0 spiro atoms. The van der Waals surface area contributed by atoms with E-state index in [0.29, 0.717) is 24.4 Å². The van der Waals surface area contributed by atoms with Crippen LogP contribution >= 0.6 is 0 Å². The molecule has 0 bridgehead atoms. The van der Waals surface area contributed by atoms with Gasteiger partial charge in [0.05, 0.1) is 12.7 Å². The molecule has 0 unspecified atom stereocenters. The van der Waals surface area contributed by atoms with Gasteiger partial charge in [0, 0.05) is 35.3 Å². The number of nitriles is 1. The second-order valence-corrected chi connectivity index (χ2v) is 6.78. The summed E-state index contributed by atoms with van der Waals surface area (Å²) in [6.07, 6.45) is 0.768. The van der Waals surface area contributed by atoms with Crippen LogP contribution in [0.15, 0.2) is 36.4 Å². The Morgan fingerprint density at radius 3 is 2.72 bits per heavy atom. The van der Waals surface area contributed by atoms with Gasteiger partial charge >= 0.3 is 0 Å². The first-order valence-electron chi connectivity index (χ1n) is 9.50. The summed E-state index contributed by atoms with van der Waals surface area (Å²) in [5, 5.41) is 14.0. The molecular formula is C22H23N3O4. The maximum atomic E-state index is 12.5. The predicted molar refractivity (Wildman–Crippen MR) is 108 cm³/mol. The van der Waals surface area contributed by atoms with E-state index in [9.17, 15) is 9.59 Å². The van der Waals surface area contributed by atoms with Crippen molar-refractivity contribution in [3.63, 3.8) is 0 Å². The van der Waals surface area contributed by atoms with Crippen molar-refractivity contribution in [3.8, 4) is 17.6 Å². The van der Waals surface area contributed by atoms with Gasteiger partial charge in [-0.25, -0.2) is 0 Å². The second-order valence-electron chi connectivity index (χ2n) is 6.78. The first-order chi connectivity index (χ1) is 14.0. The van der Waals surface area contributed by atoms with E-state index in [0.717, 1.165) is 29.0 Å². The average molecular weight is 393 g/mol. The van der Waals surface area contributed by atoms with Crippen LogP contribution in [0, 0.1) is 11.3 Å². The molecule has 0 saturated carbocycles. The molecule has 1 aliphatic heterocycles. The summed E-state index contributed by atoms with van der Waals surface area (Å²) in [7, 11) is 0. The SMILES string of the molecule is CCOc1cc2c(cc1CNC(=O)c1ccc(NC(=O)CC#N)cc1)O[C@@H](C)C2. The second kappa shape index (κ2) is 9.11. The molecule has 0 radical (unpaired) electrons. The van der Waals surface area contributed by atoms with Gasteiger partial charge in [0.15, 0.2) is 0 Å². The molecule has 7 nitrogen and oxygen atoms in total. The number of anilines is 1. The molecule has 29 heavy (non-hydrogen) atoms. The minimum atomic E-state index is -0.388. The van der Waals surface area contributed by atoms with Crippen LogP contribution in [0.3, 0.4) is 0 Å². The predicted octanol–water partition coefficient (Wildman–Crippen LogP) is 3.19. The lowest BCUT2D eigenvalue weighted by Gasteiger charge is -2.13. The molecule has 7 heteroatoms. The van der Waals surface area contributed by atoms with Crippen LogP contribution in [-0.4, -0.2) is 24.5 Å². The van der Waals surface area contributed by atoms with E-state index >= 15 is 0 Å². The highest BCUT2D eigenvalue weighted by atomic mass is 16.5. The Morgan fingerprint density at radius 1 is 1.28 bits per heavy atom. The molecule has 2 aromatic rings. The van der Waals surface area contributed by atoms with Crippen molar-refractivity contribution in [1.82, 2.24) is 5.32 Å². The zero-order valence-corrected chi connectivity index (χ0v) is 16.5. The van der Waals surface area contributed by atoms with Crippen molar-refractivity contribution < 1.29 is 19.1 Å². The standard InChI is InChI=1S/C22H23N3O4/c1-3-28-19-11-16-10-14(2)29-20(16)12-17(19)13-24-22(27)15-4-6-18(7-5-15)25-21(26)8-9-23/h4-7,11-12,14H,3,8,10,13H2,1-2H3,(H,24,27)(H,25,26)/t14-/m0/s1. The maximum absolute atomic E-state index is 12.5. The molecule has 1 atom stereocenters. The van der Waals surface area contributed by atoms with E-state index in [1.54, 1.807) is 30.3 Å². The van der Waals surface area contributed by atoms with E-state index in [1.807, 2.05) is 26.0 Å². The van der Waals surface area contributed by atoms with Gasteiger partial charge < -0.3 is 20.1 Å². The molecule has 150 valence electrons. The Bertz CT molecular complexity index is 948. The lowest BCUT2D eigenvalue weighted by atomic mass is 10.1. The highest BCUT2D eigenvalue weighted by Crippen LogP contribution is 2.35. The van der Waals surface area contributed by atoms with Gasteiger partial charge in [-0.3, -0.25) is 9.59 Å². The molecule has 0 fully saturated rings. The number of nitrogens with zero attached hydrogens (tertiary/aromatic N) is 1. The number of carbonyl (C=O) groups is 2. The molecule has 1 heterocycles. The molecule has 2 N–H and O–H groups in total. The summed E-state index contributed by atoms with van der Waals surface area (Å²) >= 11 is 0. The van der Waals surface area contributed by atoms with Crippen molar-refractivity contribution in [2.24, 2.45) is 0 Å². The summed E-state index contributed by atoms with van der Waals surface area (Å²) in [4.78, 5) is 23.9. The minimum Gasteiger partial charge on any atom is -0.494 e. The average Bonchev–Trinajstić information content (AvgIpc) is 3.05. The monoisotopic (exact) mass is 393 g/mol. The molecule has 0 aromatic heterocycles. The number of hydrogen-bond acceptors (Lipinski definition) is 5. The third-order valence-electron chi connectivity index (χ3n) is 4.49. The Balaban J connectivity index is 1.65. The summed E-state index contributed by atoms with van der Waals surface area (Å²) < 4.78 is 11.5. The topological polar surface area (TPSA) is 100 Å². The van der Waals surface area contributed by atoms with Crippen molar-refractivity contribution in [1.29, 1.82) is 5.26 Å². The quantitative estimate of drug-likeness (QED) is 0.752. The zero-order chi connectivity index (χ0) is 20.8. The fraction of sp³-hybridized carbons (Fsp3) is 0.318. The normalized spacial score (nSPS) is 14.3. The van der Waals surface area contributed by atoms with Gasteiger partial charge in [0.25, 0.3) is 5.91 Å². The number of fused-ring (bicyclic) bond motifs is 1. The maximum Gasteiger partial charge on any atom is 0.251 e. The smallest absolute Gasteiger partial charge is 0.251 e. The van der Waals surface area contributed by atoms with Gasteiger partial charge in [-0.05, 0) is 50.2 Å². The van der Waals surface area contributed by atoms with Crippen LogP contribution in [0.4, 0.5) is 5.69 Å². The summed E-state index contributed by atoms with van der Waals surface area (Å²) in [5.74, 6) is 0.959. The van der Waals surface area contributed by atoms with Crippen molar-refractivity contribution >= 4 is 17.5 Å². The summed E-state index contributed by atoms with van der Waals surface area (Å²) in [6, 6.07) is 12.2. The van der Waals surface area contributed by atoms with E-state index in [1.165, 1.54) is 0 Å². The van der Waals surface area contributed by atoms with Crippen LogP contribution in [-0.2, 0) is 17.8 Å². The molecule has 1 aliphatic rings. The molecular weight excluding hydrogens is 370 g/mol. The Kier molecular flexibility index (Phi) is 6.35. The minimum absolute atomic E-state index is 0.136. The van der Waals surface area contributed by atoms with Gasteiger partial charge in [0.1, 0.15) is 24.0 Å². The lowest BCUT2D eigenvalue weighted by molar-refractivity contribution is -0.115. The molecule has 0 saturated heterocycles. The number of nitrogens with one attached hydrogen (secondary N) is 2. The van der Waals surface area contributed by atoms with Gasteiger partial charge in [0.2, 0.25) is 5.91 Å². The van der Waals surface area contributed by atoms with Crippen LogP contribution < -0.4 is 20.1 Å². The van der Waals surface area contributed by atoms with E-state index in [-0.39, 0.29) is 24.3 Å². The van der Waals surface area contributed by atoms with Crippen LogP contribution in [0.5, 0.6) is 11.5 Å². The molecule has 2 amide bonds. The van der Waals surface area contributed by atoms with Crippen molar-refractivity contribution in [2.45, 2.75) is 39.3 Å². The third kappa shape index (κ3) is 5.05. The van der Waals surface area contributed by atoms with Crippen LogP contribution in [0.1, 0.15) is 41.8 Å². The molecule has 3 rings (SSSR count). The summed E-state index contributed by atoms with van der Waals surface area (Å²) in [6.45, 7) is 4.79. The Labute approximate surface area is 169 Å². The lowest BCUT2D eigenvalue weighted by Crippen LogP contribution is -2.23. The third-order valence-corrected chi connectivity index (χ3v) is 4.49. The molecule has 0 aliphatic carbocycles. The number of carbonyl (C=O) groups excluding carboxylic acids is 2. The molecule has 2 aromatic carbocycles. The summed E-state index contributed by atoms with van der Waals surface area (Å²) in [5.41, 5.74) is 2.97. The van der Waals surface area contributed by atoms with E-state index < -0.39 is 0 Å². The zero-order valence-electron chi connectivity index (χ0n) is 16.5. The fourth-order valence-electron chi connectivity index (χ4n) is 3.17. The van der Waals surface area contributed by atoms with Crippen LogP contribution in [0.2, 0.25) is 0 Å². The van der Waals surface area contributed by atoms with Gasteiger partial charge in [-0.1, -0.05) is 0 Å². The number of rotatable bonds is 7. The number of hydrogen-bond donors (Lipinski definition) is 2. The Hall–Kier alpha value is -3.53. The highest BCUT2D eigenvalue weighted by Gasteiger charge is 2.22. The van der Waals surface area contributed by atoms with Crippen molar-refractivity contribution in [3.05, 3.63) is 53.1 Å². The highest BCUT2D eigenvalue weighted by molar-refractivity contribution is 5.96. The van der Waals surface area contributed by atoms with E-state index in [2.05, 4.69) is 10.6 Å². The van der Waals surface area contributed by atoms with Crippen molar-refractivity contribution in [2.75, 3.05) is 11.9 Å². The van der Waals surface area contributed by atoms with E-state index in [4.69, 9.17) is 14.7 Å². The fourth-order valence-corrected chi connectivity index (χ4v) is 3.17. The van der Waals surface area contributed by atoms with Gasteiger partial charge in [-0.15, -0.1) is 0 Å². The van der Waals surface area contributed by atoms with Gasteiger partial charge in [-0.2, -0.15) is 5.26 Å². The van der Waals surface area contributed by atoms with Crippen LogP contribution in [0.25, 0.3) is 0 Å². The number of amides is 2. The number of ether oxygens (including phenoxy) is 2. The first-order valence-corrected chi connectivity index (χ1v) is 9.50. The largest absolute Gasteiger partial charge is 0.494 e.